The van der Waals surface area contributed by atoms with Crippen LogP contribution >= 0.6 is 0 Å². The molecule has 0 aromatic heterocycles. The largest absolute Gasteiger partial charge is 0.496 e. The molecule has 1 heterocycles. The molecular formula is C25H34N2O2. The first kappa shape index (κ1) is 21.4. The van der Waals surface area contributed by atoms with Crippen molar-refractivity contribution in [1.29, 1.82) is 0 Å². The third kappa shape index (κ3) is 5.60. The lowest BCUT2D eigenvalue weighted by Gasteiger charge is -2.26. The second-order valence-corrected chi connectivity index (χ2v) is 8.40. The van der Waals surface area contributed by atoms with Crippen molar-refractivity contribution in [3.8, 4) is 5.75 Å². The van der Waals surface area contributed by atoms with Gasteiger partial charge in [-0.1, -0.05) is 44.5 Å². The fourth-order valence-corrected chi connectivity index (χ4v) is 4.06. The number of piperidine rings is 1. The highest BCUT2D eigenvalue weighted by Gasteiger charge is 2.16. The molecule has 1 aliphatic heterocycles. The number of carbonyl (C=O) groups excluding carboxylic acids is 1. The quantitative estimate of drug-likeness (QED) is 0.715. The van der Waals surface area contributed by atoms with Crippen LogP contribution in [0.2, 0.25) is 0 Å². The number of carbonyl (C=O) groups is 1. The van der Waals surface area contributed by atoms with E-state index < -0.39 is 0 Å². The minimum atomic E-state index is -0.0338. The molecule has 1 amide bonds. The van der Waals surface area contributed by atoms with Gasteiger partial charge in [-0.2, -0.15) is 0 Å². The zero-order valence-corrected chi connectivity index (χ0v) is 18.3. The van der Waals surface area contributed by atoms with E-state index >= 15 is 0 Å². The predicted molar refractivity (Wildman–Crippen MR) is 119 cm³/mol. The van der Waals surface area contributed by atoms with Crippen LogP contribution in [0.3, 0.4) is 0 Å². The third-order valence-electron chi connectivity index (χ3n) is 5.74. The maximum Gasteiger partial charge on any atom is 0.251 e. The Morgan fingerprint density at radius 1 is 1.10 bits per heavy atom. The van der Waals surface area contributed by atoms with Crippen molar-refractivity contribution in [2.45, 2.75) is 59.0 Å². The number of likely N-dealkylation sites (tertiary alicyclic amines) is 1. The Kier molecular flexibility index (Phi) is 7.32. The topological polar surface area (TPSA) is 41.6 Å². The minimum absolute atomic E-state index is 0.0338. The number of methoxy groups -OCH3 is 1. The van der Waals surface area contributed by atoms with Crippen molar-refractivity contribution in [3.05, 3.63) is 64.2 Å². The second-order valence-electron chi connectivity index (χ2n) is 8.40. The average Bonchev–Trinajstić information content (AvgIpc) is 2.72. The van der Waals surface area contributed by atoms with E-state index in [2.05, 4.69) is 48.3 Å². The zero-order valence-electron chi connectivity index (χ0n) is 18.3. The van der Waals surface area contributed by atoms with Gasteiger partial charge in [-0.05, 0) is 73.2 Å². The second kappa shape index (κ2) is 9.93. The van der Waals surface area contributed by atoms with Crippen molar-refractivity contribution < 1.29 is 9.53 Å². The molecule has 156 valence electrons. The molecule has 3 rings (SSSR count). The molecule has 1 N–H and O–H groups in total. The molecule has 0 saturated carbocycles. The van der Waals surface area contributed by atoms with Gasteiger partial charge in [0.2, 0.25) is 0 Å². The number of amides is 1. The Balaban J connectivity index is 1.66. The summed E-state index contributed by atoms with van der Waals surface area (Å²) in [5.41, 5.74) is 5.18. The van der Waals surface area contributed by atoms with Crippen LogP contribution in [0.1, 0.15) is 71.6 Å². The van der Waals surface area contributed by atoms with Gasteiger partial charge in [0.1, 0.15) is 5.75 Å². The van der Waals surface area contributed by atoms with E-state index in [1.54, 1.807) is 7.11 Å². The van der Waals surface area contributed by atoms with E-state index in [0.29, 0.717) is 12.5 Å². The molecule has 0 radical (unpaired) electrons. The van der Waals surface area contributed by atoms with Crippen LogP contribution in [0.15, 0.2) is 36.4 Å². The van der Waals surface area contributed by atoms with Gasteiger partial charge in [0.25, 0.3) is 5.91 Å². The highest BCUT2D eigenvalue weighted by molar-refractivity contribution is 5.96. The molecule has 0 atom stereocenters. The van der Waals surface area contributed by atoms with Crippen molar-refractivity contribution in [3.63, 3.8) is 0 Å². The van der Waals surface area contributed by atoms with E-state index in [0.717, 1.165) is 34.5 Å². The maximum atomic E-state index is 12.9. The minimum Gasteiger partial charge on any atom is -0.496 e. The predicted octanol–water partition coefficient (Wildman–Crippen LogP) is 5.04. The van der Waals surface area contributed by atoms with E-state index in [1.165, 1.54) is 37.9 Å². The summed E-state index contributed by atoms with van der Waals surface area (Å²) in [5, 5.41) is 3.10. The molecule has 2 aromatic carbocycles. The number of aryl methyl sites for hydroxylation is 1. The first-order valence-electron chi connectivity index (χ1n) is 10.7. The number of rotatable bonds is 7. The summed E-state index contributed by atoms with van der Waals surface area (Å²) >= 11 is 0. The molecule has 1 aliphatic rings. The standard InChI is InChI=1S/C25H34N2O2/c1-18(2)22-15-23(19(3)13-24(22)29-4)25(28)26-16-20-9-8-10-21(14-20)17-27-11-6-5-7-12-27/h8-10,13-15,18H,5-7,11-12,16-17H2,1-4H3,(H,26,28). The number of benzene rings is 2. The van der Waals surface area contributed by atoms with Crippen molar-refractivity contribution in [2.75, 3.05) is 20.2 Å². The fraction of sp³-hybridized carbons (Fsp3) is 0.480. The smallest absolute Gasteiger partial charge is 0.251 e. The number of nitrogens with zero attached hydrogens (tertiary/aromatic N) is 1. The van der Waals surface area contributed by atoms with E-state index in [4.69, 9.17) is 4.74 Å². The van der Waals surface area contributed by atoms with Crippen LogP contribution < -0.4 is 10.1 Å². The molecule has 2 aromatic rings. The lowest BCUT2D eigenvalue weighted by molar-refractivity contribution is 0.0950. The Hall–Kier alpha value is -2.33. The van der Waals surface area contributed by atoms with Gasteiger partial charge in [-0.3, -0.25) is 9.69 Å². The van der Waals surface area contributed by atoms with Gasteiger partial charge in [-0.25, -0.2) is 0 Å². The van der Waals surface area contributed by atoms with Crippen molar-refractivity contribution in [2.24, 2.45) is 0 Å². The number of hydrogen-bond donors (Lipinski definition) is 1. The van der Waals surface area contributed by atoms with Crippen LogP contribution in [-0.4, -0.2) is 31.0 Å². The normalized spacial score (nSPS) is 14.8. The molecule has 0 bridgehead atoms. The molecule has 1 saturated heterocycles. The summed E-state index contributed by atoms with van der Waals surface area (Å²) in [7, 11) is 1.68. The van der Waals surface area contributed by atoms with Crippen LogP contribution in [0.4, 0.5) is 0 Å². The SMILES string of the molecule is COc1cc(C)c(C(=O)NCc2cccc(CN3CCCCC3)c2)cc1C(C)C. The molecule has 0 spiro atoms. The first-order valence-corrected chi connectivity index (χ1v) is 10.7. The Morgan fingerprint density at radius 3 is 2.52 bits per heavy atom. The lowest BCUT2D eigenvalue weighted by Crippen LogP contribution is -2.29. The summed E-state index contributed by atoms with van der Waals surface area (Å²) in [6, 6.07) is 12.5. The van der Waals surface area contributed by atoms with Gasteiger partial charge in [0, 0.05) is 18.7 Å². The third-order valence-corrected chi connectivity index (χ3v) is 5.74. The summed E-state index contributed by atoms with van der Waals surface area (Å²) in [6.45, 7) is 10.1. The number of hydrogen-bond acceptors (Lipinski definition) is 3. The molecular weight excluding hydrogens is 360 g/mol. The Morgan fingerprint density at radius 2 is 1.83 bits per heavy atom. The van der Waals surface area contributed by atoms with Gasteiger partial charge < -0.3 is 10.1 Å². The summed E-state index contributed by atoms with van der Waals surface area (Å²) in [4.78, 5) is 15.4. The average molecular weight is 395 g/mol. The molecule has 4 nitrogen and oxygen atoms in total. The monoisotopic (exact) mass is 394 g/mol. The van der Waals surface area contributed by atoms with Crippen LogP contribution in [0.25, 0.3) is 0 Å². The number of ether oxygens (including phenoxy) is 1. The van der Waals surface area contributed by atoms with Crippen molar-refractivity contribution in [1.82, 2.24) is 10.2 Å². The zero-order chi connectivity index (χ0) is 20.8. The molecule has 0 unspecified atom stereocenters. The first-order chi connectivity index (χ1) is 14.0. The van der Waals surface area contributed by atoms with Gasteiger partial charge >= 0.3 is 0 Å². The molecule has 1 fully saturated rings. The molecule has 0 aliphatic carbocycles. The number of nitrogens with one attached hydrogen (secondary N) is 1. The maximum absolute atomic E-state index is 12.9. The fourth-order valence-electron chi connectivity index (χ4n) is 4.06. The van der Waals surface area contributed by atoms with Crippen LogP contribution in [0.5, 0.6) is 5.75 Å². The highest BCUT2D eigenvalue weighted by atomic mass is 16.5. The summed E-state index contributed by atoms with van der Waals surface area (Å²) < 4.78 is 5.49. The van der Waals surface area contributed by atoms with E-state index in [1.807, 2.05) is 19.1 Å². The summed E-state index contributed by atoms with van der Waals surface area (Å²) in [6.07, 6.45) is 3.95. The van der Waals surface area contributed by atoms with Crippen LogP contribution in [0, 0.1) is 6.92 Å². The lowest BCUT2D eigenvalue weighted by atomic mass is 9.96. The Labute approximate surface area is 175 Å². The highest BCUT2D eigenvalue weighted by Crippen LogP contribution is 2.29. The Bertz CT molecular complexity index is 839. The van der Waals surface area contributed by atoms with E-state index in [9.17, 15) is 4.79 Å². The van der Waals surface area contributed by atoms with Crippen molar-refractivity contribution >= 4 is 5.91 Å². The van der Waals surface area contributed by atoms with Gasteiger partial charge in [0.05, 0.1) is 7.11 Å². The van der Waals surface area contributed by atoms with E-state index in [-0.39, 0.29) is 5.91 Å². The van der Waals surface area contributed by atoms with Gasteiger partial charge in [-0.15, -0.1) is 0 Å². The summed E-state index contributed by atoms with van der Waals surface area (Å²) in [5.74, 6) is 1.11. The molecule has 4 heteroatoms. The van der Waals surface area contributed by atoms with Gasteiger partial charge in [0.15, 0.2) is 0 Å². The molecule has 29 heavy (non-hydrogen) atoms. The van der Waals surface area contributed by atoms with Crippen LogP contribution in [-0.2, 0) is 13.1 Å².